The maximum absolute atomic E-state index is 13.4. The highest BCUT2D eigenvalue weighted by molar-refractivity contribution is 5.80. The van der Waals surface area contributed by atoms with Gasteiger partial charge in [-0.25, -0.2) is 0 Å². The van der Waals surface area contributed by atoms with E-state index in [4.69, 9.17) is 14.2 Å². The Morgan fingerprint density at radius 3 is 1.39 bits per heavy atom. The highest BCUT2D eigenvalue weighted by Gasteiger charge is 2.47. The summed E-state index contributed by atoms with van der Waals surface area (Å²) in [5.74, 6) is -1.26. The van der Waals surface area contributed by atoms with Crippen LogP contribution in [0.2, 0.25) is 0 Å². The van der Waals surface area contributed by atoms with Crippen LogP contribution >= 0.6 is 0 Å². The fourth-order valence-electron chi connectivity index (χ4n) is 9.34. The van der Waals surface area contributed by atoms with Gasteiger partial charge in [0, 0.05) is 6.42 Å². The summed E-state index contributed by atoms with van der Waals surface area (Å²) in [5, 5.41) is 56.9. The summed E-state index contributed by atoms with van der Waals surface area (Å²) in [6.45, 7) is 5.73. The zero-order valence-corrected chi connectivity index (χ0v) is 48.6. The molecule has 1 saturated heterocycles. The molecule has 0 aliphatic carbocycles. The Bertz CT molecular complexity index is 1510. The molecule has 0 aromatic carbocycles. The molecule has 1 fully saturated rings. The summed E-state index contributed by atoms with van der Waals surface area (Å²) in [4.78, 5) is 26.5. The van der Waals surface area contributed by atoms with E-state index < -0.39 is 67.4 Å². The number of esters is 1. The first-order valence-electron chi connectivity index (χ1n) is 31.2. The van der Waals surface area contributed by atoms with Gasteiger partial charge in [-0.1, -0.05) is 241 Å². The van der Waals surface area contributed by atoms with Gasteiger partial charge in [0.1, 0.15) is 24.4 Å². The van der Waals surface area contributed by atoms with Crippen molar-refractivity contribution in [3.63, 3.8) is 0 Å². The normalized spacial score (nSPS) is 19.6. The van der Waals surface area contributed by atoms with E-state index in [0.29, 0.717) is 19.3 Å². The van der Waals surface area contributed by atoms with Crippen LogP contribution in [0.4, 0.5) is 0 Å². The van der Waals surface area contributed by atoms with Crippen molar-refractivity contribution in [1.29, 1.82) is 0 Å². The standard InChI is InChI=1S/C65H115NO10/c1-4-7-10-13-16-19-22-25-27-29-31-32-34-37-40-43-46-49-52-58(69)64(73)66-56(57(68)51-48-45-42-39-36-24-21-18-15-12-9-6-3)55-74-65-63(62(72)61(71)59(54-67)75-65)76-60(70)53-50-47-44-41-38-35-33-30-28-26-23-20-17-14-11-8-5-2/h17,20,25-28,33,35,41,44,48,51,56-59,61-63,65,67-69,71-72H,4-16,18-19,21-24,29-32,34,36-40,42-43,45-47,49-50,52-55H2,1-3H3,(H,66,73)/b20-17-,27-25+,28-26-,35-33-,44-41-,51-48+. The minimum Gasteiger partial charge on any atom is -0.454 e. The van der Waals surface area contributed by atoms with Crippen LogP contribution in [0.25, 0.3) is 0 Å². The Hall–Kier alpha value is -2.90. The SMILES string of the molecule is CCCCC/C=C\C/C=C\C/C=C\C/C=C\CCCC(=O)OC1C(OCC(NC(=O)C(O)CCCCCCCCCC/C=C/CCCCCCCC)C(O)/C=C/CCCCCCCCCCCC)OC(CO)C(O)C1O. The molecule has 1 heterocycles. The lowest BCUT2D eigenvalue weighted by Gasteiger charge is -2.41. The molecule has 11 heteroatoms. The third-order valence-electron chi connectivity index (χ3n) is 14.3. The van der Waals surface area contributed by atoms with E-state index in [1.54, 1.807) is 6.08 Å². The summed E-state index contributed by atoms with van der Waals surface area (Å²) in [7, 11) is 0. The minimum absolute atomic E-state index is 0.0457. The van der Waals surface area contributed by atoms with Crippen molar-refractivity contribution in [2.75, 3.05) is 13.2 Å². The highest BCUT2D eigenvalue weighted by Crippen LogP contribution is 2.26. The molecule has 0 radical (unpaired) electrons. The lowest BCUT2D eigenvalue weighted by molar-refractivity contribution is -0.305. The number of rotatable bonds is 52. The number of carbonyl (C=O) groups is 2. The Labute approximate surface area is 464 Å². The van der Waals surface area contributed by atoms with Crippen molar-refractivity contribution in [2.24, 2.45) is 0 Å². The molecule has 8 atom stereocenters. The summed E-state index contributed by atoms with van der Waals surface area (Å²) in [6.07, 6.45) is 56.6. The van der Waals surface area contributed by atoms with Gasteiger partial charge in [0.25, 0.3) is 0 Å². The van der Waals surface area contributed by atoms with Gasteiger partial charge < -0.3 is 45.1 Å². The smallest absolute Gasteiger partial charge is 0.306 e. The average molecular weight is 1070 g/mol. The number of ether oxygens (including phenoxy) is 3. The molecule has 1 aliphatic heterocycles. The first-order chi connectivity index (χ1) is 37.2. The molecular formula is C65H115NO10. The zero-order valence-electron chi connectivity index (χ0n) is 48.6. The molecule has 0 saturated carbocycles. The molecule has 0 aromatic heterocycles. The maximum atomic E-state index is 13.4. The summed E-state index contributed by atoms with van der Waals surface area (Å²) in [5.41, 5.74) is 0. The summed E-state index contributed by atoms with van der Waals surface area (Å²) >= 11 is 0. The molecule has 76 heavy (non-hydrogen) atoms. The van der Waals surface area contributed by atoms with Crippen LogP contribution in [-0.4, -0.2) is 99.6 Å². The number of nitrogens with one attached hydrogen (secondary N) is 1. The van der Waals surface area contributed by atoms with Gasteiger partial charge >= 0.3 is 5.97 Å². The van der Waals surface area contributed by atoms with Crippen LogP contribution < -0.4 is 5.32 Å². The molecule has 0 spiro atoms. The number of allylic oxidation sites excluding steroid dienone is 11. The van der Waals surface area contributed by atoms with Crippen LogP contribution in [0, 0.1) is 0 Å². The van der Waals surface area contributed by atoms with Crippen LogP contribution in [0.15, 0.2) is 72.9 Å². The Balaban J connectivity index is 2.72. The third-order valence-corrected chi connectivity index (χ3v) is 14.3. The van der Waals surface area contributed by atoms with Crippen LogP contribution in [-0.2, 0) is 23.8 Å². The van der Waals surface area contributed by atoms with E-state index >= 15 is 0 Å². The number of unbranched alkanes of at least 4 members (excludes halogenated alkanes) is 28. The zero-order chi connectivity index (χ0) is 55.4. The Kier molecular flexibility index (Phi) is 49.4. The molecule has 1 amide bonds. The second kappa shape index (κ2) is 52.8. The molecule has 0 bridgehead atoms. The predicted octanol–water partition coefficient (Wildman–Crippen LogP) is 14.8. The third kappa shape index (κ3) is 40.3. The molecule has 1 aliphatic rings. The summed E-state index contributed by atoms with van der Waals surface area (Å²) in [6, 6.07) is -1.04. The van der Waals surface area contributed by atoms with E-state index in [1.807, 2.05) is 12.2 Å². The van der Waals surface area contributed by atoms with Gasteiger partial charge in [-0.3, -0.25) is 9.59 Å². The molecular weight excluding hydrogens is 955 g/mol. The molecule has 1 rings (SSSR count). The fourth-order valence-corrected chi connectivity index (χ4v) is 9.34. The Morgan fingerprint density at radius 1 is 0.513 bits per heavy atom. The first kappa shape index (κ1) is 71.1. The van der Waals surface area contributed by atoms with Crippen molar-refractivity contribution < 1.29 is 49.3 Å². The van der Waals surface area contributed by atoms with Gasteiger partial charge in [-0.05, 0) is 89.9 Å². The van der Waals surface area contributed by atoms with Gasteiger partial charge in [-0.2, -0.15) is 0 Å². The monoisotopic (exact) mass is 1070 g/mol. The molecule has 0 aromatic rings. The van der Waals surface area contributed by atoms with Crippen molar-refractivity contribution >= 4 is 11.9 Å². The van der Waals surface area contributed by atoms with Gasteiger partial charge in [0.15, 0.2) is 12.4 Å². The number of hydrogen-bond acceptors (Lipinski definition) is 10. The second-order valence-corrected chi connectivity index (χ2v) is 21.4. The first-order valence-corrected chi connectivity index (χ1v) is 31.2. The molecule has 11 nitrogen and oxygen atoms in total. The average Bonchev–Trinajstić information content (AvgIpc) is 3.42. The minimum atomic E-state index is -1.64. The van der Waals surface area contributed by atoms with E-state index in [0.717, 1.165) is 70.6 Å². The number of amides is 1. The van der Waals surface area contributed by atoms with Crippen molar-refractivity contribution in [1.82, 2.24) is 5.32 Å². The number of aliphatic hydroxyl groups is 5. The van der Waals surface area contributed by atoms with E-state index in [-0.39, 0.29) is 19.4 Å². The summed E-state index contributed by atoms with van der Waals surface area (Å²) < 4.78 is 17.6. The van der Waals surface area contributed by atoms with Crippen LogP contribution in [0.3, 0.4) is 0 Å². The van der Waals surface area contributed by atoms with Crippen LogP contribution in [0.5, 0.6) is 0 Å². The van der Waals surface area contributed by atoms with Gasteiger partial charge in [0.05, 0.1) is 25.4 Å². The predicted molar refractivity (Wildman–Crippen MR) is 315 cm³/mol. The molecule has 440 valence electrons. The number of aliphatic hydroxyl groups excluding tert-OH is 5. The lowest BCUT2D eigenvalue weighted by Crippen LogP contribution is -2.61. The maximum Gasteiger partial charge on any atom is 0.306 e. The molecule has 6 N–H and O–H groups in total. The van der Waals surface area contributed by atoms with Gasteiger partial charge in [0.2, 0.25) is 5.91 Å². The second-order valence-electron chi connectivity index (χ2n) is 21.4. The van der Waals surface area contributed by atoms with E-state index in [1.165, 1.54) is 141 Å². The van der Waals surface area contributed by atoms with Crippen molar-refractivity contribution in [3.8, 4) is 0 Å². The topological polar surface area (TPSA) is 175 Å². The number of hydrogen-bond donors (Lipinski definition) is 6. The molecule has 8 unspecified atom stereocenters. The van der Waals surface area contributed by atoms with Crippen LogP contribution in [0.1, 0.15) is 265 Å². The lowest BCUT2D eigenvalue weighted by atomic mass is 9.99. The Morgan fingerprint density at radius 2 is 0.908 bits per heavy atom. The van der Waals surface area contributed by atoms with Crippen molar-refractivity contribution in [2.45, 2.75) is 314 Å². The highest BCUT2D eigenvalue weighted by atomic mass is 16.7. The van der Waals surface area contributed by atoms with Gasteiger partial charge in [-0.15, -0.1) is 0 Å². The van der Waals surface area contributed by atoms with Crippen molar-refractivity contribution in [3.05, 3.63) is 72.9 Å². The van der Waals surface area contributed by atoms with E-state index in [9.17, 15) is 35.1 Å². The number of carbonyl (C=O) groups excluding carboxylic acids is 2. The largest absolute Gasteiger partial charge is 0.454 e. The quantitative estimate of drug-likeness (QED) is 0.0195. The fraction of sp³-hybridized carbons (Fsp3) is 0.785. The van der Waals surface area contributed by atoms with E-state index in [2.05, 4.69) is 80.8 Å².